The lowest BCUT2D eigenvalue weighted by atomic mass is 9.95. The van der Waals surface area contributed by atoms with Gasteiger partial charge < -0.3 is 50.2 Å². The summed E-state index contributed by atoms with van der Waals surface area (Å²) in [5.74, 6) is -0.533. The van der Waals surface area contributed by atoms with E-state index in [1.54, 1.807) is 0 Å². The molecule has 0 aliphatic carbocycles. The average molecular weight is 367 g/mol. The van der Waals surface area contributed by atoms with Crippen LogP contribution < -0.4 is 5.32 Å². The Morgan fingerprint density at radius 2 is 1.68 bits per heavy atom. The van der Waals surface area contributed by atoms with Crippen LogP contribution >= 0.6 is 0 Å². The molecule has 0 unspecified atom stereocenters. The molecule has 2 fully saturated rings. The Bertz CT molecular complexity index is 465. The standard InChI is InChI=1S/C14H25NO10/c1-4-8(18)10(20)11(21)14(23-4)25-12-6(3-16)24-13(22)7(9(12)19)15-5(2)17/h4,6-14,16,18-22H,3H2,1-2H3,(H,15,17)/t4-,6+,7+,8-,9+,10+,11+,12+,13+,14+/m0/s1. The van der Waals surface area contributed by atoms with Gasteiger partial charge in [0.1, 0.15) is 42.7 Å². The summed E-state index contributed by atoms with van der Waals surface area (Å²) in [5.41, 5.74) is 0. The molecule has 0 aromatic carbocycles. The molecular formula is C14H25NO10. The second-order valence-corrected chi connectivity index (χ2v) is 6.25. The molecule has 0 saturated carbocycles. The van der Waals surface area contributed by atoms with Crippen molar-refractivity contribution in [3.63, 3.8) is 0 Å². The number of aliphatic hydroxyl groups is 6. The van der Waals surface area contributed by atoms with Gasteiger partial charge in [-0.15, -0.1) is 0 Å². The van der Waals surface area contributed by atoms with E-state index in [-0.39, 0.29) is 0 Å². The summed E-state index contributed by atoms with van der Waals surface area (Å²) in [7, 11) is 0. The minimum absolute atomic E-state index is 0.533. The van der Waals surface area contributed by atoms with Crippen LogP contribution in [0, 0.1) is 0 Å². The van der Waals surface area contributed by atoms with E-state index in [0.717, 1.165) is 0 Å². The predicted molar refractivity (Wildman–Crippen MR) is 78.8 cm³/mol. The second kappa shape index (κ2) is 8.20. The normalized spacial score (nSPS) is 48.2. The summed E-state index contributed by atoms with van der Waals surface area (Å²) in [6, 6.07) is -1.24. The molecule has 1 amide bonds. The molecule has 2 rings (SSSR count). The zero-order chi connectivity index (χ0) is 18.9. The lowest BCUT2D eigenvalue weighted by Crippen LogP contribution is -2.66. The molecule has 11 heteroatoms. The molecule has 10 atom stereocenters. The van der Waals surface area contributed by atoms with Crippen LogP contribution in [0.25, 0.3) is 0 Å². The van der Waals surface area contributed by atoms with Gasteiger partial charge >= 0.3 is 0 Å². The number of amides is 1. The fraction of sp³-hybridized carbons (Fsp3) is 0.929. The molecule has 2 aliphatic heterocycles. The van der Waals surface area contributed by atoms with Crippen LogP contribution in [0.3, 0.4) is 0 Å². The molecule has 0 bridgehead atoms. The van der Waals surface area contributed by atoms with Crippen LogP contribution in [-0.2, 0) is 19.0 Å². The van der Waals surface area contributed by atoms with Gasteiger partial charge in [-0.2, -0.15) is 0 Å². The average Bonchev–Trinajstić information content (AvgIpc) is 2.56. The minimum Gasteiger partial charge on any atom is -0.394 e. The smallest absolute Gasteiger partial charge is 0.217 e. The summed E-state index contributed by atoms with van der Waals surface area (Å²) < 4.78 is 15.9. The van der Waals surface area contributed by atoms with Gasteiger partial charge in [-0.1, -0.05) is 0 Å². The van der Waals surface area contributed by atoms with Crippen LogP contribution in [0.4, 0.5) is 0 Å². The first-order chi connectivity index (χ1) is 11.7. The van der Waals surface area contributed by atoms with E-state index in [0.29, 0.717) is 0 Å². The van der Waals surface area contributed by atoms with E-state index >= 15 is 0 Å². The fourth-order valence-corrected chi connectivity index (χ4v) is 2.92. The van der Waals surface area contributed by atoms with Gasteiger partial charge in [0.2, 0.25) is 5.91 Å². The Labute approximate surface area is 143 Å². The highest BCUT2D eigenvalue weighted by Crippen LogP contribution is 2.28. The topological polar surface area (TPSA) is 178 Å². The SMILES string of the molecule is CC(=O)N[C@@H]1[C@@H](O)[C@H](O[C@H]2O[C@@H](C)[C@H](O)[C@@H](O)[C@H]2O)[C@@H](CO)O[C@H]1O. The van der Waals surface area contributed by atoms with Crippen LogP contribution in [0.5, 0.6) is 0 Å². The molecule has 146 valence electrons. The van der Waals surface area contributed by atoms with Gasteiger partial charge in [-0.25, -0.2) is 0 Å². The zero-order valence-electron chi connectivity index (χ0n) is 13.8. The van der Waals surface area contributed by atoms with Gasteiger partial charge in [0.05, 0.1) is 12.7 Å². The minimum atomic E-state index is -1.62. The molecule has 11 nitrogen and oxygen atoms in total. The maximum absolute atomic E-state index is 11.2. The molecule has 0 aromatic rings. The molecule has 0 radical (unpaired) electrons. The van der Waals surface area contributed by atoms with Crippen LogP contribution in [0.1, 0.15) is 13.8 Å². The lowest BCUT2D eigenvalue weighted by Gasteiger charge is -2.46. The Hall–Kier alpha value is -0.890. The lowest BCUT2D eigenvalue weighted by molar-refractivity contribution is -0.341. The Morgan fingerprint density at radius 3 is 2.24 bits per heavy atom. The van der Waals surface area contributed by atoms with E-state index in [9.17, 15) is 35.4 Å². The van der Waals surface area contributed by atoms with E-state index in [4.69, 9.17) is 14.2 Å². The van der Waals surface area contributed by atoms with Crippen molar-refractivity contribution in [1.29, 1.82) is 0 Å². The third-order valence-electron chi connectivity index (χ3n) is 4.34. The molecule has 2 saturated heterocycles. The third kappa shape index (κ3) is 4.27. The molecule has 7 N–H and O–H groups in total. The Kier molecular flexibility index (Phi) is 6.70. The molecule has 2 aliphatic rings. The first kappa shape index (κ1) is 20.4. The number of aliphatic hydroxyl groups excluding tert-OH is 6. The highest BCUT2D eigenvalue weighted by molar-refractivity contribution is 5.73. The second-order valence-electron chi connectivity index (χ2n) is 6.25. The highest BCUT2D eigenvalue weighted by atomic mass is 16.7. The molecule has 0 aromatic heterocycles. The summed E-state index contributed by atoms with van der Waals surface area (Å²) in [4.78, 5) is 11.2. The van der Waals surface area contributed by atoms with Gasteiger partial charge in [0.15, 0.2) is 12.6 Å². The zero-order valence-corrected chi connectivity index (χ0v) is 13.8. The monoisotopic (exact) mass is 367 g/mol. The molecular weight excluding hydrogens is 342 g/mol. The van der Waals surface area contributed by atoms with Crippen molar-refractivity contribution < 1.29 is 49.6 Å². The van der Waals surface area contributed by atoms with Crippen LogP contribution in [-0.4, -0.2) is 105 Å². The first-order valence-corrected chi connectivity index (χ1v) is 7.92. The van der Waals surface area contributed by atoms with Crippen molar-refractivity contribution in [1.82, 2.24) is 5.32 Å². The number of hydrogen-bond donors (Lipinski definition) is 7. The summed E-state index contributed by atoms with van der Waals surface area (Å²) in [6.07, 6.45) is -12.3. The van der Waals surface area contributed by atoms with Crippen molar-refractivity contribution in [3.05, 3.63) is 0 Å². The van der Waals surface area contributed by atoms with Crippen molar-refractivity contribution in [2.45, 2.75) is 75.2 Å². The van der Waals surface area contributed by atoms with Crippen molar-refractivity contribution in [3.8, 4) is 0 Å². The number of nitrogens with one attached hydrogen (secondary N) is 1. The number of carbonyl (C=O) groups excluding carboxylic acids is 1. The first-order valence-electron chi connectivity index (χ1n) is 7.92. The van der Waals surface area contributed by atoms with Gasteiger partial charge in [0.25, 0.3) is 0 Å². The van der Waals surface area contributed by atoms with Crippen molar-refractivity contribution in [2.24, 2.45) is 0 Å². The predicted octanol–water partition coefficient (Wildman–Crippen LogP) is -4.23. The van der Waals surface area contributed by atoms with E-state index in [1.165, 1.54) is 13.8 Å². The highest BCUT2D eigenvalue weighted by Gasteiger charge is 2.50. The third-order valence-corrected chi connectivity index (χ3v) is 4.34. The quantitative estimate of drug-likeness (QED) is 0.257. The van der Waals surface area contributed by atoms with E-state index < -0.39 is 73.9 Å². The summed E-state index contributed by atoms with van der Waals surface area (Å²) in [5, 5.41) is 61.5. The van der Waals surface area contributed by atoms with Crippen molar-refractivity contribution >= 4 is 5.91 Å². The van der Waals surface area contributed by atoms with Crippen molar-refractivity contribution in [2.75, 3.05) is 6.61 Å². The van der Waals surface area contributed by atoms with Crippen LogP contribution in [0.2, 0.25) is 0 Å². The van der Waals surface area contributed by atoms with Gasteiger partial charge in [0, 0.05) is 6.92 Å². The summed E-state index contributed by atoms with van der Waals surface area (Å²) in [6.45, 7) is 2.01. The Morgan fingerprint density at radius 1 is 1.04 bits per heavy atom. The molecule has 25 heavy (non-hydrogen) atoms. The molecule has 2 heterocycles. The number of hydrogen-bond acceptors (Lipinski definition) is 10. The maximum atomic E-state index is 11.2. The number of carbonyl (C=O) groups is 1. The number of ether oxygens (including phenoxy) is 3. The van der Waals surface area contributed by atoms with E-state index in [2.05, 4.69) is 5.32 Å². The largest absolute Gasteiger partial charge is 0.394 e. The van der Waals surface area contributed by atoms with Gasteiger partial charge in [-0.3, -0.25) is 4.79 Å². The summed E-state index contributed by atoms with van der Waals surface area (Å²) >= 11 is 0. The number of rotatable bonds is 4. The van der Waals surface area contributed by atoms with Gasteiger partial charge in [-0.05, 0) is 6.92 Å². The Balaban J connectivity index is 2.15. The fourth-order valence-electron chi connectivity index (χ4n) is 2.92. The van der Waals surface area contributed by atoms with E-state index in [1.807, 2.05) is 0 Å². The maximum Gasteiger partial charge on any atom is 0.217 e. The van der Waals surface area contributed by atoms with Crippen LogP contribution in [0.15, 0.2) is 0 Å². The molecule has 0 spiro atoms.